The van der Waals surface area contributed by atoms with Gasteiger partial charge in [0, 0.05) is 22.9 Å². The van der Waals surface area contributed by atoms with Crippen molar-refractivity contribution in [2.24, 2.45) is 17.3 Å². The average Bonchev–Trinajstić information content (AvgIpc) is 3.09. The van der Waals surface area contributed by atoms with E-state index in [0.717, 1.165) is 23.9 Å². The Morgan fingerprint density at radius 2 is 2.05 bits per heavy atom. The summed E-state index contributed by atoms with van der Waals surface area (Å²) in [5.74, 6) is 1.55. The fourth-order valence-electron chi connectivity index (χ4n) is 5.04. The maximum atomic E-state index is 12.9. The maximum Gasteiger partial charge on any atom is 0.144 e. The molecule has 1 fully saturated rings. The summed E-state index contributed by atoms with van der Waals surface area (Å²) in [6.07, 6.45) is 8.35. The van der Waals surface area contributed by atoms with Crippen LogP contribution in [0.1, 0.15) is 24.0 Å². The molecule has 0 aliphatic heterocycles. The van der Waals surface area contributed by atoms with E-state index in [-0.39, 0.29) is 5.41 Å². The molecule has 1 spiro atoms. The van der Waals surface area contributed by atoms with Crippen molar-refractivity contribution in [1.82, 2.24) is 0 Å². The normalized spacial score (nSPS) is 32.1. The van der Waals surface area contributed by atoms with Crippen LogP contribution in [-0.4, -0.2) is 5.78 Å². The van der Waals surface area contributed by atoms with Crippen molar-refractivity contribution in [1.29, 1.82) is 0 Å². The third-order valence-electron chi connectivity index (χ3n) is 6.16. The molecule has 22 heavy (non-hydrogen) atoms. The highest BCUT2D eigenvalue weighted by Crippen LogP contribution is 2.56. The summed E-state index contributed by atoms with van der Waals surface area (Å²) in [7, 11) is 0. The molecule has 0 aromatic heterocycles. The third kappa shape index (κ3) is 1.48. The predicted octanol–water partition coefficient (Wildman–Crippen LogP) is 3.67. The number of allylic oxidation sites excluding steroid dienone is 2. The smallest absolute Gasteiger partial charge is 0.144 e. The van der Waals surface area contributed by atoms with Crippen LogP contribution in [0.2, 0.25) is 0 Å². The van der Waals surface area contributed by atoms with Crippen LogP contribution < -0.4 is 5.73 Å². The third-order valence-corrected chi connectivity index (χ3v) is 6.16. The second-order valence-corrected chi connectivity index (χ2v) is 7.31. The molecule has 1 saturated carbocycles. The molecule has 0 heterocycles. The van der Waals surface area contributed by atoms with Gasteiger partial charge >= 0.3 is 0 Å². The zero-order valence-corrected chi connectivity index (χ0v) is 12.5. The zero-order chi connectivity index (χ0) is 14.9. The number of anilines is 1. The van der Waals surface area contributed by atoms with Gasteiger partial charge in [-0.2, -0.15) is 0 Å². The van der Waals surface area contributed by atoms with Crippen LogP contribution in [0.25, 0.3) is 10.8 Å². The van der Waals surface area contributed by atoms with Crippen molar-refractivity contribution in [3.05, 3.63) is 53.6 Å². The van der Waals surface area contributed by atoms with Crippen LogP contribution in [0, 0.1) is 17.3 Å². The number of hydrogen-bond acceptors (Lipinski definition) is 2. The van der Waals surface area contributed by atoms with Gasteiger partial charge in [-0.3, -0.25) is 4.79 Å². The first-order chi connectivity index (χ1) is 10.7. The van der Waals surface area contributed by atoms with Crippen molar-refractivity contribution < 1.29 is 4.79 Å². The first-order valence-corrected chi connectivity index (χ1v) is 8.17. The van der Waals surface area contributed by atoms with Crippen LogP contribution in [0.5, 0.6) is 0 Å². The highest BCUT2D eigenvalue weighted by Gasteiger charge is 2.54. The fraction of sp³-hybridized carbons (Fsp3) is 0.350. The summed E-state index contributed by atoms with van der Waals surface area (Å²) in [6, 6.07) is 10.5. The summed E-state index contributed by atoms with van der Waals surface area (Å²) in [4.78, 5) is 12.9. The lowest BCUT2D eigenvalue weighted by Gasteiger charge is -2.38. The Morgan fingerprint density at radius 3 is 2.82 bits per heavy atom. The summed E-state index contributed by atoms with van der Waals surface area (Å²) in [6.45, 7) is 0. The molecule has 5 rings (SSSR count). The molecule has 3 atom stereocenters. The van der Waals surface area contributed by atoms with E-state index in [9.17, 15) is 4.79 Å². The van der Waals surface area contributed by atoms with Gasteiger partial charge in [-0.25, -0.2) is 0 Å². The number of hydrogen-bond donors (Lipinski definition) is 1. The van der Waals surface area contributed by atoms with Crippen molar-refractivity contribution in [2.45, 2.75) is 25.7 Å². The second kappa shape index (κ2) is 4.01. The number of fused-ring (bicyclic) bond motifs is 5. The van der Waals surface area contributed by atoms with E-state index < -0.39 is 0 Å². The van der Waals surface area contributed by atoms with Gasteiger partial charge in [-0.05, 0) is 59.7 Å². The number of nitrogens with two attached hydrogens (primary N) is 1. The topological polar surface area (TPSA) is 43.1 Å². The molecule has 3 unspecified atom stereocenters. The van der Waals surface area contributed by atoms with Crippen LogP contribution >= 0.6 is 0 Å². The molecule has 3 aliphatic carbocycles. The van der Waals surface area contributed by atoms with E-state index >= 15 is 0 Å². The van der Waals surface area contributed by atoms with E-state index in [4.69, 9.17) is 5.73 Å². The zero-order valence-electron chi connectivity index (χ0n) is 12.5. The summed E-state index contributed by atoms with van der Waals surface area (Å²) < 4.78 is 0. The quantitative estimate of drug-likeness (QED) is 0.594. The molecule has 2 N–H and O–H groups in total. The molecule has 2 aromatic carbocycles. The lowest BCUT2D eigenvalue weighted by Crippen LogP contribution is -2.41. The summed E-state index contributed by atoms with van der Waals surface area (Å²) >= 11 is 0. The monoisotopic (exact) mass is 289 g/mol. The fourth-order valence-corrected chi connectivity index (χ4v) is 5.04. The van der Waals surface area contributed by atoms with E-state index in [1.54, 1.807) is 0 Å². The second-order valence-electron chi connectivity index (χ2n) is 7.31. The highest BCUT2D eigenvalue weighted by molar-refractivity contribution is 5.97. The first kappa shape index (κ1) is 12.5. The largest absolute Gasteiger partial charge is 0.398 e. The number of nitrogen functional groups attached to an aromatic ring is 1. The van der Waals surface area contributed by atoms with Crippen LogP contribution in [0.15, 0.2) is 42.5 Å². The van der Waals surface area contributed by atoms with Crippen molar-refractivity contribution >= 4 is 22.2 Å². The Bertz CT molecular complexity index is 850. The number of Topliss-reactive ketones (excluding diaryl/α,β-unsaturated/α-hetero) is 1. The van der Waals surface area contributed by atoms with Crippen LogP contribution in [-0.2, 0) is 17.6 Å². The van der Waals surface area contributed by atoms with E-state index in [1.165, 1.54) is 22.9 Å². The number of carbonyl (C=O) groups excluding carboxylic acids is 1. The minimum absolute atomic E-state index is 0.111. The molecule has 2 nitrogen and oxygen atoms in total. The van der Waals surface area contributed by atoms with Gasteiger partial charge in [-0.1, -0.05) is 30.4 Å². The van der Waals surface area contributed by atoms with Crippen molar-refractivity contribution in [3.63, 3.8) is 0 Å². The van der Waals surface area contributed by atoms with Gasteiger partial charge in [-0.15, -0.1) is 0 Å². The van der Waals surface area contributed by atoms with Gasteiger partial charge in [0.1, 0.15) is 5.78 Å². The van der Waals surface area contributed by atoms with Crippen LogP contribution in [0.4, 0.5) is 5.69 Å². The average molecular weight is 289 g/mol. The molecule has 0 amide bonds. The van der Waals surface area contributed by atoms with Crippen molar-refractivity contribution in [3.8, 4) is 0 Å². The minimum Gasteiger partial charge on any atom is -0.398 e. The molecular formula is C20H19NO. The van der Waals surface area contributed by atoms with E-state index in [1.807, 2.05) is 12.1 Å². The number of rotatable bonds is 0. The first-order valence-electron chi connectivity index (χ1n) is 8.17. The number of benzene rings is 2. The van der Waals surface area contributed by atoms with Gasteiger partial charge in [0.25, 0.3) is 0 Å². The number of carbonyl (C=O) groups is 1. The molecule has 2 bridgehead atoms. The Morgan fingerprint density at radius 1 is 1.14 bits per heavy atom. The Hall–Kier alpha value is -2.09. The Labute approximate surface area is 130 Å². The highest BCUT2D eigenvalue weighted by atomic mass is 16.1. The molecule has 2 heteroatoms. The summed E-state index contributed by atoms with van der Waals surface area (Å²) in [5.41, 5.74) is 9.33. The van der Waals surface area contributed by atoms with Gasteiger partial charge in [0.05, 0.1) is 0 Å². The predicted molar refractivity (Wildman–Crippen MR) is 88.6 cm³/mol. The molecule has 2 aromatic rings. The lowest BCUT2D eigenvalue weighted by molar-refractivity contribution is -0.130. The molecule has 3 aliphatic rings. The molecule has 110 valence electrons. The van der Waals surface area contributed by atoms with Crippen molar-refractivity contribution in [2.75, 3.05) is 5.73 Å². The Balaban J connectivity index is 1.67. The SMILES string of the molecule is Nc1cccc2cc3c(cc12)CC(=O)C1(C3)CC2C=CC1C2. The van der Waals surface area contributed by atoms with E-state index in [2.05, 4.69) is 30.4 Å². The Kier molecular flexibility index (Phi) is 2.27. The standard InChI is InChI=1S/C20H19NO/c21-18-3-1-2-13-7-15-11-20(10-12-4-5-16(20)6-12)19(22)9-14(15)8-17(13)18/h1-5,7-8,12,16H,6,9-11,21H2. The van der Waals surface area contributed by atoms with Gasteiger partial charge in [0.2, 0.25) is 0 Å². The number of ketones is 1. The van der Waals surface area contributed by atoms with Crippen LogP contribution in [0.3, 0.4) is 0 Å². The lowest BCUT2D eigenvalue weighted by atomic mass is 9.63. The maximum absolute atomic E-state index is 12.9. The molecule has 0 radical (unpaired) electrons. The molecular weight excluding hydrogens is 270 g/mol. The van der Waals surface area contributed by atoms with Gasteiger partial charge < -0.3 is 5.73 Å². The van der Waals surface area contributed by atoms with Gasteiger partial charge in [0.15, 0.2) is 0 Å². The molecule has 0 saturated heterocycles. The minimum atomic E-state index is -0.111. The van der Waals surface area contributed by atoms with E-state index in [0.29, 0.717) is 24.0 Å². The summed E-state index contributed by atoms with van der Waals surface area (Å²) in [5, 5.41) is 2.28.